The summed E-state index contributed by atoms with van der Waals surface area (Å²) in [5.74, 6) is 1.74. The predicted octanol–water partition coefficient (Wildman–Crippen LogP) is 3.29. The van der Waals surface area contributed by atoms with Crippen molar-refractivity contribution in [3.63, 3.8) is 0 Å². The highest BCUT2D eigenvalue weighted by Gasteiger charge is 2.29. The van der Waals surface area contributed by atoms with E-state index in [1.54, 1.807) is 0 Å². The Bertz CT molecular complexity index is 613. The van der Waals surface area contributed by atoms with Crippen molar-refractivity contribution in [2.75, 3.05) is 37.7 Å². The van der Waals surface area contributed by atoms with Crippen LogP contribution < -0.4 is 15.0 Å². The van der Waals surface area contributed by atoms with Gasteiger partial charge < -0.3 is 15.0 Å². The van der Waals surface area contributed by atoms with E-state index in [1.165, 1.54) is 19.3 Å². The van der Waals surface area contributed by atoms with Crippen LogP contribution >= 0.6 is 0 Å². The number of hydrogen-bond acceptors (Lipinski definition) is 4. The lowest BCUT2D eigenvalue weighted by Crippen LogP contribution is -2.55. The number of anilines is 1. The molecular weight excluding hydrogens is 338 g/mol. The molecule has 1 aromatic carbocycles. The van der Waals surface area contributed by atoms with Gasteiger partial charge in [0.1, 0.15) is 5.75 Å². The molecule has 5 heteroatoms. The number of nitrogens with one attached hydrogen (secondary N) is 1. The molecule has 1 heterocycles. The number of carbonyl (C=O) groups is 1. The Morgan fingerprint density at radius 2 is 1.89 bits per heavy atom. The summed E-state index contributed by atoms with van der Waals surface area (Å²) in [6.07, 6.45) is 4.90. The van der Waals surface area contributed by atoms with E-state index in [0.717, 1.165) is 44.0 Å². The number of nitrogens with zero attached hydrogens (tertiary/aromatic N) is 2. The molecular formula is C22H35N3O2. The molecule has 1 amide bonds. The molecule has 1 saturated carbocycles. The maximum Gasteiger partial charge on any atom is 0.237 e. The third-order valence-corrected chi connectivity index (χ3v) is 6.19. The second-order valence-electron chi connectivity index (χ2n) is 7.98. The van der Waals surface area contributed by atoms with Crippen LogP contribution in [-0.4, -0.2) is 55.7 Å². The van der Waals surface area contributed by atoms with Crippen molar-refractivity contribution in [2.45, 2.75) is 58.5 Å². The SMILES string of the molecule is CCOc1ccccc1N1CCN([C@H](C)C(=O)N[C@H]2CCCC[C@@H]2C)CC1. The quantitative estimate of drug-likeness (QED) is 0.831. The summed E-state index contributed by atoms with van der Waals surface area (Å²) in [4.78, 5) is 17.4. The van der Waals surface area contributed by atoms with Crippen molar-refractivity contribution in [1.82, 2.24) is 10.2 Å². The zero-order valence-electron chi connectivity index (χ0n) is 17.1. The number of piperazine rings is 1. The zero-order chi connectivity index (χ0) is 19.2. The van der Waals surface area contributed by atoms with Crippen LogP contribution in [0.15, 0.2) is 24.3 Å². The van der Waals surface area contributed by atoms with E-state index in [1.807, 2.05) is 26.0 Å². The molecule has 1 aliphatic heterocycles. The number of carbonyl (C=O) groups excluding carboxylic acids is 1. The Kier molecular flexibility index (Phi) is 7.00. The molecule has 1 saturated heterocycles. The summed E-state index contributed by atoms with van der Waals surface area (Å²) >= 11 is 0. The standard InChI is InChI=1S/C22H35N3O2/c1-4-27-21-12-8-7-11-20(21)25-15-13-24(14-16-25)18(3)22(26)23-19-10-6-5-9-17(19)2/h7-8,11-12,17-19H,4-6,9-10,13-16H2,1-3H3,(H,23,26)/t17-,18+,19-/m0/s1. The van der Waals surface area contributed by atoms with Gasteiger partial charge in [-0.3, -0.25) is 9.69 Å². The molecule has 1 aliphatic carbocycles. The largest absolute Gasteiger partial charge is 0.492 e. The number of ether oxygens (including phenoxy) is 1. The van der Waals surface area contributed by atoms with E-state index >= 15 is 0 Å². The zero-order valence-corrected chi connectivity index (χ0v) is 17.1. The molecule has 3 rings (SSSR count). The third kappa shape index (κ3) is 4.95. The van der Waals surface area contributed by atoms with Gasteiger partial charge in [-0.05, 0) is 44.7 Å². The molecule has 150 valence electrons. The van der Waals surface area contributed by atoms with Crippen molar-refractivity contribution in [1.29, 1.82) is 0 Å². The van der Waals surface area contributed by atoms with Gasteiger partial charge in [-0.1, -0.05) is 31.9 Å². The van der Waals surface area contributed by atoms with Crippen molar-refractivity contribution in [2.24, 2.45) is 5.92 Å². The highest BCUT2D eigenvalue weighted by molar-refractivity contribution is 5.81. The molecule has 0 bridgehead atoms. The lowest BCUT2D eigenvalue weighted by atomic mass is 9.86. The number of benzene rings is 1. The summed E-state index contributed by atoms with van der Waals surface area (Å²) in [6, 6.07) is 8.53. The normalized spacial score (nSPS) is 25.1. The molecule has 27 heavy (non-hydrogen) atoms. The van der Waals surface area contributed by atoms with Crippen molar-refractivity contribution < 1.29 is 9.53 Å². The van der Waals surface area contributed by atoms with E-state index < -0.39 is 0 Å². The molecule has 1 aromatic rings. The second-order valence-corrected chi connectivity index (χ2v) is 7.98. The highest BCUT2D eigenvalue weighted by Crippen LogP contribution is 2.29. The second kappa shape index (κ2) is 9.45. The fraction of sp³-hybridized carbons (Fsp3) is 0.682. The van der Waals surface area contributed by atoms with Gasteiger partial charge in [-0.15, -0.1) is 0 Å². The first kappa shape index (κ1) is 20.0. The van der Waals surface area contributed by atoms with Crippen LogP contribution in [0.25, 0.3) is 0 Å². The minimum atomic E-state index is -0.0663. The Hall–Kier alpha value is -1.75. The Labute approximate surface area is 164 Å². The molecule has 0 radical (unpaired) electrons. The van der Waals surface area contributed by atoms with Gasteiger partial charge in [0.05, 0.1) is 18.3 Å². The lowest BCUT2D eigenvalue weighted by Gasteiger charge is -2.39. The average Bonchev–Trinajstić information content (AvgIpc) is 2.70. The fourth-order valence-corrected chi connectivity index (χ4v) is 4.35. The van der Waals surface area contributed by atoms with Crippen LogP contribution in [0, 0.1) is 5.92 Å². The summed E-state index contributed by atoms with van der Waals surface area (Å²) in [5.41, 5.74) is 1.16. The number of rotatable bonds is 6. The van der Waals surface area contributed by atoms with Crippen LogP contribution in [0.4, 0.5) is 5.69 Å². The van der Waals surface area contributed by atoms with Gasteiger partial charge in [-0.2, -0.15) is 0 Å². The maximum atomic E-state index is 12.8. The van der Waals surface area contributed by atoms with Gasteiger partial charge in [0.15, 0.2) is 0 Å². The summed E-state index contributed by atoms with van der Waals surface area (Å²) in [6.45, 7) is 10.6. The van der Waals surface area contributed by atoms with Gasteiger partial charge in [0, 0.05) is 32.2 Å². The molecule has 0 aromatic heterocycles. The first-order chi connectivity index (χ1) is 13.1. The molecule has 1 N–H and O–H groups in total. The first-order valence-electron chi connectivity index (χ1n) is 10.6. The van der Waals surface area contributed by atoms with Crippen LogP contribution in [-0.2, 0) is 4.79 Å². The molecule has 0 unspecified atom stereocenters. The minimum Gasteiger partial charge on any atom is -0.492 e. The minimum absolute atomic E-state index is 0.0663. The monoisotopic (exact) mass is 373 g/mol. The Balaban J connectivity index is 1.53. The predicted molar refractivity (Wildman–Crippen MR) is 110 cm³/mol. The van der Waals surface area contributed by atoms with E-state index in [0.29, 0.717) is 18.6 Å². The van der Waals surface area contributed by atoms with E-state index in [4.69, 9.17) is 4.74 Å². The smallest absolute Gasteiger partial charge is 0.237 e. The van der Waals surface area contributed by atoms with Crippen LogP contribution in [0.3, 0.4) is 0 Å². The van der Waals surface area contributed by atoms with Gasteiger partial charge in [-0.25, -0.2) is 0 Å². The van der Waals surface area contributed by atoms with Crippen LogP contribution in [0.2, 0.25) is 0 Å². The van der Waals surface area contributed by atoms with E-state index in [-0.39, 0.29) is 11.9 Å². The topological polar surface area (TPSA) is 44.8 Å². The Morgan fingerprint density at radius 1 is 1.19 bits per heavy atom. The molecule has 2 aliphatic rings. The lowest BCUT2D eigenvalue weighted by molar-refractivity contribution is -0.127. The van der Waals surface area contributed by atoms with Crippen molar-refractivity contribution >= 4 is 11.6 Å². The number of hydrogen-bond donors (Lipinski definition) is 1. The van der Waals surface area contributed by atoms with E-state index in [9.17, 15) is 4.79 Å². The molecule has 2 fully saturated rings. The summed E-state index contributed by atoms with van der Waals surface area (Å²) in [5, 5.41) is 3.32. The third-order valence-electron chi connectivity index (χ3n) is 6.19. The molecule has 3 atom stereocenters. The fourth-order valence-electron chi connectivity index (χ4n) is 4.35. The first-order valence-corrected chi connectivity index (χ1v) is 10.6. The summed E-state index contributed by atoms with van der Waals surface area (Å²) < 4.78 is 5.78. The van der Waals surface area contributed by atoms with Crippen LogP contribution in [0.1, 0.15) is 46.5 Å². The Morgan fingerprint density at radius 3 is 2.59 bits per heavy atom. The van der Waals surface area contributed by atoms with Gasteiger partial charge >= 0.3 is 0 Å². The van der Waals surface area contributed by atoms with Crippen molar-refractivity contribution in [3.05, 3.63) is 24.3 Å². The van der Waals surface area contributed by atoms with Gasteiger partial charge in [0.25, 0.3) is 0 Å². The number of para-hydroxylation sites is 2. The van der Waals surface area contributed by atoms with Gasteiger partial charge in [0.2, 0.25) is 5.91 Å². The molecule has 5 nitrogen and oxygen atoms in total. The average molecular weight is 374 g/mol. The van der Waals surface area contributed by atoms with Crippen LogP contribution in [0.5, 0.6) is 5.75 Å². The summed E-state index contributed by atoms with van der Waals surface area (Å²) in [7, 11) is 0. The highest BCUT2D eigenvalue weighted by atomic mass is 16.5. The van der Waals surface area contributed by atoms with Crippen molar-refractivity contribution in [3.8, 4) is 5.75 Å². The maximum absolute atomic E-state index is 12.8. The van der Waals surface area contributed by atoms with E-state index in [2.05, 4.69) is 34.2 Å². The number of amides is 1. The molecule has 0 spiro atoms.